The molecule has 6 nitrogen and oxygen atoms in total. The number of aldehydes is 1. The largest absolute Gasteiger partial charge is 0.489 e. The van der Waals surface area contributed by atoms with Crippen molar-refractivity contribution in [2.75, 3.05) is 6.61 Å². The number of pyridine rings is 1. The number of fused-ring (bicyclic) bond motifs is 1. The predicted molar refractivity (Wildman–Crippen MR) is 150 cm³/mol. The zero-order valence-electron chi connectivity index (χ0n) is 22.9. The van der Waals surface area contributed by atoms with E-state index in [-0.39, 0.29) is 30.3 Å². The molecule has 2 aromatic carbocycles. The van der Waals surface area contributed by atoms with Crippen LogP contribution in [0.3, 0.4) is 0 Å². The minimum absolute atomic E-state index is 0.104. The summed E-state index contributed by atoms with van der Waals surface area (Å²) in [6.45, 7) is 6.74. The molecule has 0 aliphatic carbocycles. The van der Waals surface area contributed by atoms with Crippen molar-refractivity contribution in [2.45, 2.75) is 65.9 Å². The molecule has 0 unspecified atom stereocenters. The van der Waals surface area contributed by atoms with E-state index < -0.39 is 5.82 Å². The molecule has 0 fully saturated rings. The molecule has 0 saturated carbocycles. The number of furan rings is 1. The van der Waals surface area contributed by atoms with Crippen LogP contribution >= 0.6 is 0 Å². The van der Waals surface area contributed by atoms with Gasteiger partial charge in [-0.15, -0.1) is 0 Å². The molecule has 0 N–H and O–H groups in total. The maximum atomic E-state index is 14.8. The molecule has 0 spiro atoms. The van der Waals surface area contributed by atoms with Crippen LogP contribution in [0, 0.1) is 5.82 Å². The van der Waals surface area contributed by atoms with Crippen LogP contribution in [0.25, 0.3) is 22.1 Å². The monoisotopic (exact) mass is 533 g/mol. The smallest absolute Gasteiger partial charge is 0.310 e. The van der Waals surface area contributed by atoms with Crippen molar-refractivity contribution in [3.63, 3.8) is 0 Å². The second kappa shape index (κ2) is 15.4. The highest BCUT2D eigenvalue weighted by molar-refractivity contribution is 5.94. The minimum Gasteiger partial charge on any atom is -0.489 e. The van der Waals surface area contributed by atoms with Gasteiger partial charge < -0.3 is 13.9 Å². The lowest BCUT2D eigenvalue weighted by atomic mass is 10.00. The van der Waals surface area contributed by atoms with Gasteiger partial charge in [0, 0.05) is 28.3 Å². The van der Waals surface area contributed by atoms with Gasteiger partial charge >= 0.3 is 5.97 Å². The maximum absolute atomic E-state index is 14.8. The summed E-state index contributed by atoms with van der Waals surface area (Å²) in [5, 5.41) is 0.768. The Bertz CT molecular complexity index is 1360. The summed E-state index contributed by atoms with van der Waals surface area (Å²) in [5.74, 6) is -0.476. The molecular weight excluding hydrogens is 497 g/mol. The number of unbranched alkanes of at least 4 members (excludes halogenated alkanes) is 4. The summed E-state index contributed by atoms with van der Waals surface area (Å²) in [6, 6.07) is 14.2. The highest BCUT2D eigenvalue weighted by Crippen LogP contribution is 2.33. The fourth-order valence-electron chi connectivity index (χ4n) is 4.17. The second-order valence-electron chi connectivity index (χ2n) is 9.10. The molecule has 39 heavy (non-hydrogen) atoms. The summed E-state index contributed by atoms with van der Waals surface area (Å²) in [6.07, 6.45) is 10.4. The first-order valence-corrected chi connectivity index (χ1v) is 13.5. The van der Waals surface area contributed by atoms with Gasteiger partial charge in [0.2, 0.25) is 0 Å². The molecule has 4 rings (SSSR count). The van der Waals surface area contributed by atoms with E-state index >= 15 is 0 Å². The van der Waals surface area contributed by atoms with Crippen LogP contribution < -0.4 is 4.74 Å². The fourth-order valence-corrected chi connectivity index (χ4v) is 4.17. The Kier molecular flexibility index (Phi) is 11.7. The average Bonchev–Trinajstić information content (AvgIpc) is 3.42. The zero-order valence-corrected chi connectivity index (χ0v) is 22.9. The number of aromatic nitrogens is 1. The van der Waals surface area contributed by atoms with Crippen LogP contribution in [0.5, 0.6) is 5.75 Å². The third kappa shape index (κ3) is 8.24. The molecule has 2 heterocycles. The number of halogens is 1. The average molecular weight is 534 g/mol. The molecule has 0 atom stereocenters. The van der Waals surface area contributed by atoms with E-state index in [9.17, 15) is 14.0 Å². The van der Waals surface area contributed by atoms with Crippen LogP contribution in [-0.2, 0) is 22.6 Å². The van der Waals surface area contributed by atoms with Crippen molar-refractivity contribution < 1.29 is 27.9 Å². The molecule has 0 aliphatic rings. The quantitative estimate of drug-likeness (QED) is 0.104. The second-order valence-corrected chi connectivity index (χ2v) is 9.10. The van der Waals surface area contributed by atoms with Crippen LogP contribution in [0.15, 0.2) is 65.4 Å². The Labute approximate surface area is 229 Å². The summed E-state index contributed by atoms with van der Waals surface area (Å²) < 4.78 is 31.4. The van der Waals surface area contributed by atoms with Gasteiger partial charge in [-0.05, 0) is 42.8 Å². The topological polar surface area (TPSA) is 78.6 Å². The van der Waals surface area contributed by atoms with Gasteiger partial charge in [0.15, 0.2) is 12.1 Å². The third-order valence-corrected chi connectivity index (χ3v) is 6.14. The van der Waals surface area contributed by atoms with Crippen LogP contribution in [0.1, 0.15) is 74.5 Å². The highest BCUT2D eigenvalue weighted by Gasteiger charge is 2.17. The summed E-state index contributed by atoms with van der Waals surface area (Å²) in [4.78, 5) is 26.8. The SMILES string of the molecule is CCCCCCC.CCOC(=O)Cc1ccccc1OCc1cc(-c2ccnc(C=O)c2F)c2occc2c1. The van der Waals surface area contributed by atoms with Gasteiger partial charge in [0.05, 0.1) is 19.3 Å². The molecule has 0 saturated heterocycles. The third-order valence-electron chi connectivity index (χ3n) is 6.14. The van der Waals surface area contributed by atoms with Gasteiger partial charge in [-0.1, -0.05) is 64.2 Å². The molecule has 2 aromatic heterocycles. The first kappa shape index (κ1) is 29.6. The lowest BCUT2D eigenvalue weighted by Crippen LogP contribution is -2.09. The van der Waals surface area contributed by atoms with Crippen LogP contribution in [-0.4, -0.2) is 23.8 Å². The van der Waals surface area contributed by atoms with E-state index in [1.165, 1.54) is 50.6 Å². The molecule has 0 amide bonds. The number of rotatable bonds is 12. The summed E-state index contributed by atoms with van der Waals surface area (Å²) >= 11 is 0. The molecule has 206 valence electrons. The number of hydrogen-bond donors (Lipinski definition) is 0. The van der Waals surface area contributed by atoms with E-state index in [1.807, 2.05) is 24.3 Å². The Balaban J connectivity index is 0.000000532. The minimum atomic E-state index is -0.710. The van der Waals surface area contributed by atoms with E-state index in [1.54, 1.807) is 25.1 Å². The number of carbonyl (C=O) groups excluding carboxylic acids is 2. The van der Waals surface area contributed by atoms with Gasteiger partial charge in [-0.3, -0.25) is 14.6 Å². The lowest BCUT2D eigenvalue weighted by Gasteiger charge is -2.13. The highest BCUT2D eigenvalue weighted by atomic mass is 19.1. The van der Waals surface area contributed by atoms with Crippen molar-refractivity contribution in [2.24, 2.45) is 0 Å². The summed E-state index contributed by atoms with van der Waals surface area (Å²) in [7, 11) is 0. The van der Waals surface area contributed by atoms with Crippen molar-refractivity contribution >= 4 is 23.2 Å². The van der Waals surface area contributed by atoms with Crippen molar-refractivity contribution in [1.29, 1.82) is 0 Å². The molecule has 0 radical (unpaired) electrons. The van der Waals surface area contributed by atoms with E-state index in [0.717, 1.165) is 10.9 Å². The fraction of sp³-hybridized carbons (Fsp3) is 0.344. The number of benzene rings is 2. The number of carbonyl (C=O) groups is 2. The van der Waals surface area contributed by atoms with Crippen LogP contribution in [0.2, 0.25) is 0 Å². The number of ether oxygens (including phenoxy) is 2. The van der Waals surface area contributed by atoms with Crippen molar-refractivity contribution in [3.05, 3.63) is 83.6 Å². The Hall–Kier alpha value is -4.00. The van der Waals surface area contributed by atoms with E-state index in [2.05, 4.69) is 18.8 Å². The molecule has 7 heteroatoms. The molecule has 4 aromatic rings. The van der Waals surface area contributed by atoms with Gasteiger partial charge in [-0.25, -0.2) is 4.39 Å². The zero-order chi connectivity index (χ0) is 28.0. The number of para-hydroxylation sites is 1. The number of hydrogen-bond acceptors (Lipinski definition) is 6. The maximum Gasteiger partial charge on any atom is 0.310 e. The Morgan fingerprint density at radius 3 is 2.49 bits per heavy atom. The van der Waals surface area contributed by atoms with Crippen LogP contribution in [0.4, 0.5) is 4.39 Å². The van der Waals surface area contributed by atoms with Gasteiger partial charge in [0.25, 0.3) is 0 Å². The number of nitrogens with zero attached hydrogens (tertiary/aromatic N) is 1. The molecule has 0 aliphatic heterocycles. The first-order valence-electron chi connectivity index (χ1n) is 13.5. The predicted octanol–water partition coefficient (Wildman–Crippen LogP) is 8.11. The lowest BCUT2D eigenvalue weighted by molar-refractivity contribution is -0.142. The normalized spacial score (nSPS) is 10.6. The van der Waals surface area contributed by atoms with Crippen molar-refractivity contribution in [1.82, 2.24) is 4.98 Å². The van der Waals surface area contributed by atoms with Crippen molar-refractivity contribution in [3.8, 4) is 16.9 Å². The summed E-state index contributed by atoms with van der Waals surface area (Å²) in [5.41, 5.74) is 2.42. The first-order chi connectivity index (χ1) is 19.0. The molecular formula is C32H36FNO5. The van der Waals surface area contributed by atoms with Gasteiger partial charge in [-0.2, -0.15) is 0 Å². The Morgan fingerprint density at radius 1 is 1.00 bits per heavy atom. The molecule has 0 bridgehead atoms. The standard InChI is InChI=1S/C25H20FNO5.C7H16/c1-2-30-23(29)13-17-5-3-4-6-22(17)32-15-16-11-18-8-10-31-25(18)20(12-16)19-7-9-27-21(14-28)24(19)26;1-3-5-7-6-4-2/h3-12,14H,2,13,15H2,1H3;3-7H2,1-2H3. The van der Waals surface area contributed by atoms with Gasteiger partial charge in [0.1, 0.15) is 23.6 Å². The number of esters is 1. The van der Waals surface area contributed by atoms with E-state index in [4.69, 9.17) is 13.9 Å². The Morgan fingerprint density at radius 2 is 1.77 bits per heavy atom. The van der Waals surface area contributed by atoms with E-state index in [0.29, 0.717) is 35.4 Å².